The van der Waals surface area contributed by atoms with Gasteiger partial charge in [0.15, 0.2) is 5.13 Å². The van der Waals surface area contributed by atoms with E-state index in [1.54, 1.807) is 29.6 Å². The minimum Gasteiger partial charge on any atom is -0.338 e. The SMILES string of the molecule is CN(C)CC(=O)Nc1cncc(-c2ccc3[nH]nc(-c4cc5c(-c6ccc(F)s6)ccnc5[nH]4)c3n2)c1. The first-order valence-corrected chi connectivity index (χ1v) is 12.3. The van der Waals surface area contributed by atoms with Gasteiger partial charge in [-0.25, -0.2) is 9.97 Å². The quantitative estimate of drug-likeness (QED) is 0.291. The van der Waals surface area contributed by atoms with Crippen molar-refractivity contribution in [2.75, 3.05) is 26.0 Å². The summed E-state index contributed by atoms with van der Waals surface area (Å²) in [7, 11) is 3.67. The molecule has 6 aromatic rings. The van der Waals surface area contributed by atoms with E-state index < -0.39 is 0 Å². The molecule has 0 bridgehead atoms. The molecular weight excluding hydrogens is 491 g/mol. The first-order valence-electron chi connectivity index (χ1n) is 11.4. The van der Waals surface area contributed by atoms with Gasteiger partial charge in [-0.1, -0.05) is 0 Å². The number of pyridine rings is 3. The topological polar surface area (TPSA) is 115 Å². The number of hydrogen-bond donors (Lipinski definition) is 3. The van der Waals surface area contributed by atoms with Gasteiger partial charge < -0.3 is 15.2 Å². The molecule has 0 spiro atoms. The third-order valence-electron chi connectivity index (χ3n) is 5.81. The van der Waals surface area contributed by atoms with Crippen LogP contribution in [0.4, 0.5) is 10.1 Å². The van der Waals surface area contributed by atoms with Crippen LogP contribution in [0.25, 0.3) is 55.2 Å². The molecule has 9 nitrogen and oxygen atoms in total. The zero-order valence-corrected chi connectivity index (χ0v) is 20.7. The lowest BCUT2D eigenvalue weighted by molar-refractivity contribution is -0.116. The van der Waals surface area contributed by atoms with Crippen molar-refractivity contribution in [2.24, 2.45) is 0 Å². The Kier molecular flexibility index (Phi) is 5.70. The van der Waals surface area contributed by atoms with Crippen LogP contribution < -0.4 is 5.32 Å². The Morgan fingerprint density at radius 3 is 2.84 bits per heavy atom. The normalized spacial score (nSPS) is 11.6. The van der Waals surface area contributed by atoms with Gasteiger partial charge in [-0.2, -0.15) is 9.49 Å². The van der Waals surface area contributed by atoms with Gasteiger partial charge in [-0.3, -0.25) is 14.9 Å². The van der Waals surface area contributed by atoms with E-state index in [9.17, 15) is 9.18 Å². The summed E-state index contributed by atoms with van der Waals surface area (Å²) >= 11 is 1.09. The maximum atomic E-state index is 13.7. The number of amides is 1. The van der Waals surface area contributed by atoms with Crippen molar-refractivity contribution in [3.05, 3.63) is 66.2 Å². The molecule has 6 aromatic heterocycles. The smallest absolute Gasteiger partial charge is 0.238 e. The van der Waals surface area contributed by atoms with Crippen LogP contribution >= 0.6 is 11.3 Å². The fraction of sp³-hybridized carbons (Fsp3) is 0.115. The number of nitrogens with one attached hydrogen (secondary N) is 3. The monoisotopic (exact) mass is 512 g/mol. The van der Waals surface area contributed by atoms with Crippen LogP contribution in [0.15, 0.2) is 61.1 Å². The van der Waals surface area contributed by atoms with Crippen LogP contribution in [0.3, 0.4) is 0 Å². The third kappa shape index (κ3) is 4.46. The highest BCUT2D eigenvalue weighted by Gasteiger charge is 2.17. The van der Waals surface area contributed by atoms with E-state index >= 15 is 0 Å². The summed E-state index contributed by atoms with van der Waals surface area (Å²) in [5.41, 5.74) is 6.45. The summed E-state index contributed by atoms with van der Waals surface area (Å²) in [5, 5.41) is 11.0. The van der Waals surface area contributed by atoms with E-state index in [-0.39, 0.29) is 17.6 Å². The minimum absolute atomic E-state index is 0.124. The number of halogens is 1. The molecule has 0 unspecified atom stereocenters. The molecule has 0 fully saturated rings. The molecule has 1 amide bonds. The van der Waals surface area contributed by atoms with Gasteiger partial charge >= 0.3 is 0 Å². The largest absolute Gasteiger partial charge is 0.338 e. The van der Waals surface area contributed by atoms with Crippen LogP contribution in [-0.4, -0.2) is 61.6 Å². The van der Waals surface area contributed by atoms with E-state index in [1.165, 1.54) is 6.07 Å². The Balaban J connectivity index is 1.38. The van der Waals surface area contributed by atoms with E-state index in [1.807, 2.05) is 44.4 Å². The highest BCUT2D eigenvalue weighted by atomic mass is 32.1. The van der Waals surface area contributed by atoms with Crippen LogP contribution in [0.1, 0.15) is 0 Å². The Morgan fingerprint density at radius 1 is 1.14 bits per heavy atom. The Morgan fingerprint density at radius 2 is 2.03 bits per heavy atom. The first-order chi connectivity index (χ1) is 17.9. The summed E-state index contributed by atoms with van der Waals surface area (Å²) in [6, 6.07) is 12.7. The fourth-order valence-corrected chi connectivity index (χ4v) is 4.98. The van der Waals surface area contributed by atoms with E-state index in [4.69, 9.17) is 4.98 Å². The predicted octanol–water partition coefficient (Wildman–Crippen LogP) is 4.93. The number of likely N-dealkylation sites (N-methyl/N-ethyl adjacent to an activating group) is 1. The van der Waals surface area contributed by atoms with Crippen molar-refractivity contribution in [1.82, 2.24) is 35.0 Å². The third-order valence-corrected chi connectivity index (χ3v) is 6.72. The lowest BCUT2D eigenvalue weighted by atomic mass is 10.1. The van der Waals surface area contributed by atoms with Gasteiger partial charge in [0.1, 0.15) is 16.9 Å². The molecule has 6 rings (SSSR count). The zero-order valence-electron chi connectivity index (χ0n) is 19.9. The van der Waals surface area contributed by atoms with Crippen LogP contribution in [0.2, 0.25) is 0 Å². The second-order valence-corrected chi connectivity index (χ2v) is 9.85. The summed E-state index contributed by atoms with van der Waals surface area (Å²) in [6.45, 7) is 0.273. The average molecular weight is 513 g/mol. The summed E-state index contributed by atoms with van der Waals surface area (Å²) < 4.78 is 13.7. The van der Waals surface area contributed by atoms with Gasteiger partial charge in [-0.05, 0) is 56.6 Å². The first kappa shape index (κ1) is 23.0. The molecule has 37 heavy (non-hydrogen) atoms. The summed E-state index contributed by atoms with van der Waals surface area (Å²) in [4.78, 5) is 31.7. The van der Waals surface area contributed by atoms with Gasteiger partial charge in [-0.15, -0.1) is 11.3 Å². The highest BCUT2D eigenvalue weighted by molar-refractivity contribution is 7.14. The molecule has 6 heterocycles. The maximum Gasteiger partial charge on any atom is 0.238 e. The standard InChI is InChI=1S/C26H21FN8OS/c1-35(2)13-23(36)30-15-9-14(11-28-12-15)18-3-4-19-24(31-18)25(34-33-19)20-10-17-16(7-8-29-26(17)32-20)21-5-6-22(27)37-21/h3-12H,13H2,1-2H3,(H,29,32)(H,30,36)(H,33,34). The van der Waals surface area contributed by atoms with Gasteiger partial charge in [0.05, 0.1) is 35.3 Å². The minimum atomic E-state index is -0.235. The number of nitrogens with zero attached hydrogens (tertiary/aromatic N) is 5. The van der Waals surface area contributed by atoms with Crippen molar-refractivity contribution in [3.63, 3.8) is 0 Å². The number of H-pyrrole nitrogens is 2. The molecule has 0 radical (unpaired) electrons. The number of anilines is 1. The van der Waals surface area contributed by atoms with Crippen molar-refractivity contribution in [3.8, 4) is 33.1 Å². The number of carbonyl (C=O) groups excluding carboxylic acids is 1. The Bertz CT molecular complexity index is 1770. The molecule has 0 saturated carbocycles. The molecular formula is C26H21FN8OS. The molecule has 0 aromatic carbocycles. The number of hydrogen-bond acceptors (Lipinski definition) is 7. The lowest BCUT2D eigenvalue weighted by Gasteiger charge is -2.10. The zero-order chi connectivity index (χ0) is 25.5. The molecule has 0 saturated heterocycles. The summed E-state index contributed by atoms with van der Waals surface area (Å²) in [5.74, 6) is -0.124. The second kappa shape index (κ2) is 9.19. The Hall–Kier alpha value is -4.48. The number of rotatable bonds is 6. The molecule has 0 atom stereocenters. The molecule has 11 heteroatoms. The lowest BCUT2D eigenvalue weighted by Crippen LogP contribution is -2.27. The molecule has 0 aliphatic carbocycles. The van der Waals surface area contributed by atoms with Crippen molar-refractivity contribution in [1.29, 1.82) is 0 Å². The van der Waals surface area contributed by atoms with Crippen LogP contribution in [0, 0.1) is 5.13 Å². The molecule has 184 valence electrons. The van der Waals surface area contributed by atoms with Gasteiger partial charge in [0, 0.05) is 33.8 Å². The number of aromatic amines is 2. The number of thiophene rings is 1. The van der Waals surface area contributed by atoms with Crippen molar-refractivity contribution >= 4 is 45.0 Å². The second-order valence-electron chi connectivity index (χ2n) is 8.82. The number of aromatic nitrogens is 6. The Labute approximate surface area is 214 Å². The van der Waals surface area contributed by atoms with Crippen molar-refractivity contribution < 1.29 is 9.18 Å². The number of carbonyl (C=O) groups is 1. The van der Waals surface area contributed by atoms with Crippen LogP contribution in [0.5, 0.6) is 0 Å². The van der Waals surface area contributed by atoms with Gasteiger partial charge in [0.2, 0.25) is 5.91 Å². The number of fused-ring (bicyclic) bond motifs is 2. The predicted molar refractivity (Wildman–Crippen MR) is 143 cm³/mol. The van der Waals surface area contributed by atoms with Crippen molar-refractivity contribution in [2.45, 2.75) is 0 Å². The molecule has 0 aliphatic heterocycles. The summed E-state index contributed by atoms with van der Waals surface area (Å²) in [6.07, 6.45) is 5.01. The molecule has 0 aliphatic rings. The van der Waals surface area contributed by atoms with E-state index in [2.05, 4.69) is 30.5 Å². The molecule has 3 N–H and O–H groups in total. The fourth-order valence-electron chi connectivity index (χ4n) is 4.21. The van der Waals surface area contributed by atoms with E-state index in [0.717, 1.165) is 43.9 Å². The maximum absolute atomic E-state index is 13.7. The highest BCUT2D eigenvalue weighted by Crippen LogP contribution is 2.35. The van der Waals surface area contributed by atoms with Crippen LogP contribution in [-0.2, 0) is 4.79 Å². The van der Waals surface area contributed by atoms with E-state index in [0.29, 0.717) is 28.2 Å². The van der Waals surface area contributed by atoms with Gasteiger partial charge in [0.25, 0.3) is 0 Å². The average Bonchev–Trinajstić information content (AvgIpc) is 3.60.